The number of hydrogen-bond acceptors (Lipinski definition) is 4. The Hall–Kier alpha value is -2.57. The van der Waals surface area contributed by atoms with Crippen LogP contribution in [0.5, 0.6) is 0 Å². The van der Waals surface area contributed by atoms with Crippen LogP contribution < -0.4 is 10.9 Å². The maximum absolute atomic E-state index is 12.7. The van der Waals surface area contributed by atoms with Gasteiger partial charge in [0, 0.05) is 23.1 Å². The van der Waals surface area contributed by atoms with E-state index in [4.69, 9.17) is 11.6 Å². The number of rotatable bonds is 5. The van der Waals surface area contributed by atoms with E-state index in [1.54, 1.807) is 12.3 Å². The molecule has 0 saturated heterocycles. The molecular formula is C20H18ClN3O2S. The van der Waals surface area contributed by atoms with Gasteiger partial charge in [-0.25, -0.2) is 4.98 Å². The molecule has 0 aliphatic rings. The number of carbonyl (C=O) groups is 1. The highest BCUT2D eigenvalue weighted by Gasteiger charge is 2.11. The van der Waals surface area contributed by atoms with E-state index in [0.29, 0.717) is 10.7 Å². The molecule has 0 atom stereocenters. The molecule has 0 unspecified atom stereocenters. The second kappa shape index (κ2) is 8.41. The Bertz CT molecular complexity index is 1050. The lowest BCUT2D eigenvalue weighted by molar-refractivity contribution is -0.113. The highest BCUT2D eigenvalue weighted by molar-refractivity contribution is 7.99. The molecule has 0 fully saturated rings. The fourth-order valence-electron chi connectivity index (χ4n) is 2.48. The number of nitrogens with zero attached hydrogens (tertiary/aromatic N) is 2. The molecule has 138 valence electrons. The van der Waals surface area contributed by atoms with Gasteiger partial charge >= 0.3 is 0 Å². The van der Waals surface area contributed by atoms with Crippen molar-refractivity contribution in [2.24, 2.45) is 0 Å². The summed E-state index contributed by atoms with van der Waals surface area (Å²) in [5.74, 6) is -0.102. The zero-order chi connectivity index (χ0) is 19.4. The zero-order valence-electron chi connectivity index (χ0n) is 14.9. The molecule has 0 saturated carbocycles. The van der Waals surface area contributed by atoms with Crippen LogP contribution in [0.1, 0.15) is 11.1 Å². The van der Waals surface area contributed by atoms with E-state index < -0.39 is 0 Å². The van der Waals surface area contributed by atoms with E-state index in [1.165, 1.54) is 10.8 Å². The Morgan fingerprint density at radius 3 is 2.78 bits per heavy atom. The second-order valence-corrected chi connectivity index (χ2v) is 7.42. The molecule has 0 spiro atoms. The Balaban J connectivity index is 1.73. The molecule has 3 aromatic rings. The van der Waals surface area contributed by atoms with Gasteiger partial charge in [0.05, 0.1) is 11.4 Å². The van der Waals surface area contributed by atoms with E-state index >= 15 is 0 Å². The largest absolute Gasteiger partial charge is 0.325 e. The predicted molar refractivity (Wildman–Crippen MR) is 110 cm³/mol. The smallest absolute Gasteiger partial charge is 0.287 e. The summed E-state index contributed by atoms with van der Waals surface area (Å²) < 4.78 is 1.47. The number of carbonyl (C=O) groups excluding carboxylic acids is 1. The van der Waals surface area contributed by atoms with Crippen LogP contribution in [0, 0.1) is 13.8 Å². The predicted octanol–water partition coefficient (Wildman–Crippen LogP) is 4.23. The number of anilines is 1. The van der Waals surface area contributed by atoms with E-state index in [1.807, 2.05) is 50.2 Å². The van der Waals surface area contributed by atoms with Gasteiger partial charge in [0.25, 0.3) is 5.56 Å². The summed E-state index contributed by atoms with van der Waals surface area (Å²) in [6, 6.07) is 13.0. The van der Waals surface area contributed by atoms with E-state index in [-0.39, 0.29) is 22.2 Å². The Morgan fingerprint density at radius 2 is 2.04 bits per heavy atom. The molecule has 1 aromatic heterocycles. The van der Waals surface area contributed by atoms with Crippen LogP contribution in [0.15, 0.2) is 64.7 Å². The summed E-state index contributed by atoms with van der Waals surface area (Å²) in [6.07, 6.45) is 3.12. The minimum absolute atomic E-state index is 0.0921. The summed E-state index contributed by atoms with van der Waals surface area (Å²) in [5.41, 5.74) is 3.10. The second-order valence-electron chi connectivity index (χ2n) is 6.05. The Kier molecular flexibility index (Phi) is 5.98. The quantitative estimate of drug-likeness (QED) is 0.652. The molecule has 0 bridgehead atoms. The van der Waals surface area contributed by atoms with Crippen molar-refractivity contribution in [1.29, 1.82) is 0 Å². The average molecular weight is 400 g/mol. The van der Waals surface area contributed by atoms with E-state index in [9.17, 15) is 9.59 Å². The van der Waals surface area contributed by atoms with Crippen molar-refractivity contribution in [2.45, 2.75) is 18.9 Å². The van der Waals surface area contributed by atoms with E-state index in [0.717, 1.165) is 28.6 Å². The molecule has 3 rings (SSSR count). The molecule has 2 aromatic carbocycles. The van der Waals surface area contributed by atoms with Crippen molar-refractivity contribution in [3.8, 4) is 5.69 Å². The van der Waals surface area contributed by atoms with Gasteiger partial charge in [-0.2, -0.15) is 0 Å². The normalized spacial score (nSPS) is 10.6. The molecule has 1 heterocycles. The van der Waals surface area contributed by atoms with Gasteiger partial charge in [-0.3, -0.25) is 14.2 Å². The van der Waals surface area contributed by atoms with Crippen LogP contribution in [0.3, 0.4) is 0 Å². The number of aromatic nitrogens is 2. The van der Waals surface area contributed by atoms with Crippen LogP contribution in [-0.4, -0.2) is 21.2 Å². The van der Waals surface area contributed by atoms with Crippen molar-refractivity contribution < 1.29 is 4.79 Å². The third-order valence-corrected chi connectivity index (χ3v) is 5.25. The first kappa shape index (κ1) is 19.2. The minimum atomic E-state index is -0.286. The van der Waals surface area contributed by atoms with Gasteiger partial charge in [0.2, 0.25) is 5.91 Å². The zero-order valence-corrected chi connectivity index (χ0v) is 16.5. The molecule has 27 heavy (non-hydrogen) atoms. The highest BCUT2D eigenvalue weighted by Crippen LogP contribution is 2.19. The molecule has 1 amide bonds. The van der Waals surface area contributed by atoms with Crippen LogP contribution in [0.25, 0.3) is 5.69 Å². The van der Waals surface area contributed by atoms with Gasteiger partial charge in [-0.1, -0.05) is 41.6 Å². The van der Waals surface area contributed by atoms with Gasteiger partial charge in [-0.05, 0) is 49.2 Å². The van der Waals surface area contributed by atoms with Crippen LogP contribution in [0.2, 0.25) is 5.02 Å². The van der Waals surface area contributed by atoms with Gasteiger partial charge in [0.15, 0.2) is 5.03 Å². The van der Waals surface area contributed by atoms with Crippen molar-refractivity contribution >= 4 is 35.0 Å². The standard InChI is InChI=1S/C20H18ClN3O2S/c1-13-4-3-5-15(10-13)23-18(25)12-27-19-20(26)24(9-8-22-19)16-7-6-14(2)17(21)11-16/h3-11H,12H2,1-2H3,(H,23,25). The van der Waals surface area contributed by atoms with Crippen LogP contribution in [0.4, 0.5) is 5.69 Å². The number of halogens is 1. The topological polar surface area (TPSA) is 64.0 Å². The highest BCUT2D eigenvalue weighted by atomic mass is 35.5. The number of amides is 1. The van der Waals surface area contributed by atoms with Gasteiger partial charge in [0.1, 0.15) is 0 Å². The molecule has 1 N–H and O–H groups in total. The number of hydrogen-bond donors (Lipinski definition) is 1. The lowest BCUT2D eigenvalue weighted by Gasteiger charge is -2.09. The molecular weight excluding hydrogens is 382 g/mol. The molecule has 0 radical (unpaired) electrons. The molecule has 7 heteroatoms. The molecule has 0 aliphatic carbocycles. The average Bonchev–Trinajstić information content (AvgIpc) is 2.63. The van der Waals surface area contributed by atoms with Gasteiger partial charge < -0.3 is 5.32 Å². The lowest BCUT2D eigenvalue weighted by Crippen LogP contribution is -2.22. The van der Waals surface area contributed by atoms with Crippen molar-refractivity contribution in [3.63, 3.8) is 0 Å². The Morgan fingerprint density at radius 1 is 1.22 bits per heavy atom. The summed E-state index contributed by atoms with van der Waals surface area (Å²) >= 11 is 7.26. The van der Waals surface area contributed by atoms with Crippen molar-refractivity contribution in [2.75, 3.05) is 11.1 Å². The summed E-state index contributed by atoms with van der Waals surface area (Å²) in [4.78, 5) is 29.0. The SMILES string of the molecule is Cc1cccc(NC(=O)CSc2nccn(-c3ccc(C)c(Cl)c3)c2=O)c1. The first-order chi connectivity index (χ1) is 12.9. The molecule has 5 nitrogen and oxygen atoms in total. The molecule has 0 aliphatic heterocycles. The summed E-state index contributed by atoms with van der Waals surface area (Å²) in [6.45, 7) is 3.85. The minimum Gasteiger partial charge on any atom is -0.325 e. The number of nitrogens with one attached hydrogen (secondary N) is 1. The summed E-state index contributed by atoms with van der Waals surface area (Å²) in [5, 5.41) is 3.66. The first-order valence-corrected chi connectivity index (χ1v) is 9.64. The van der Waals surface area contributed by atoms with Gasteiger partial charge in [-0.15, -0.1) is 0 Å². The summed E-state index contributed by atoms with van der Waals surface area (Å²) in [7, 11) is 0. The lowest BCUT2D eigenvalue weighted by atomic mass is 10.2. The number of aryl methyl sites for hydroxylation is 2. The third kappa shape index (κ3) is 4.78. The fraction of sp³-hybridized carbons (Fsp3) is 0.150. The number of benzene rings is 2. The van der Waals surface area contributed by atoms with Crippen LogP contribution >= 0.6 is 23.4 Å². The maximum atomic E-state index is 12.7. The third-order valence-electron chi connectivity index (χ3n) is 3.88. The maximum Gasteiger partial charge on any atom is 0.287 e. The van der Waals surface area contributed by atoms with E-state index in [2.05, 4.69) is 10.3 Å². The number of thioether (sulfide) groups is 1. The first-order valence-electron chi connectivity index (χ1n) is 8.27. The van der Waals surface area contributed by atoms with Crippen molar-refractivity contribution in [1.82, 2.24) is 9.55 Å². The monoisotopic (exact) mass is 399 g/mol. The Labute approximate surface area is 166 Å². The fourth-order valence-corrected chi connectivity index (χ4v) is 3.35. The van der Waals surface area contributed by atoms with Crippen LogP contribution in [-0.2, 0) is 4.79 Å². The van der Waals surface area contributed by atoms with Crippen molar-refractivity contribution in [3.05, 3.63) is 81.4 Å².